The Kier molecular flexibility index (Phi) is 30.4. The van der Waals surface area contributed by atoms with Crippen molar-refractivity contribution in [1.29, 1.82) is 0 Å². The number of unbranched alkanes of at least 4 members (excludes halogenated alkanes) is 4. The molecular weight excluding hydrogens is 787 g/mol. The molecule has 0 N–H and O–H groups in total. The summed E-state index contributed by atoms with van der Waals surface area (Å²) in [5.74, 6) is 2.02. The van der Waals surface area contributed by atoms with Gasteiger partial charge in [-0.2, -0.15) is 0 Å². The van der Waals surface area contributed by atoms with Gasteiger partial charge in [0.1, 0.15) is 0 Å². The molecule has 49 heavy (non-hydrogen) atoms. The Morgan fingerprint density at radius 1 is 0.510 bits per heavy atom. The molecule has 0 spiro atoms. The molecule has 0 radical (unpaired) electrons. The Morgan fingerprint density at radius 2 is 0.776 bits per heavy atom. The first kappa shape index (κ1) is 49.1. The van der Waals surface area contributed by atoms with Crippen LogP contribution >= 0.6 is 65.1 Å². The van der Waals surface area contributed by atoms with Crippen molar-refractivity contribution in [3.05, 3.63) is 0 Å². The van der Waals surface area contributed by atoms with Gasteiger partial charge in [-0.05, 0) is 94.6 Å². The predicted molar refractivity (Wildman–Crippen MR) is 232 cm³/mol. The van der Waals surface area contributed by atoms with Gasteiger partial charge in [0.25, 0.3) is 11.4 Å². The fourth-order valence-electron chi connectivity index (χ4n) is 4.96. The molecular formula is C34H68N2O4P2S7. The zero-order valence-corrected chi connectivity index (χ0v) is 39.2. The fourth-order valence-corrected chi connectivity index (χ4v) is 19.9. The van der Waals surface area contributed by atoms with E-state index in [1.807, 2.05) is 0 Å². The van der Waals surface area contributed by atoms with Crippen LogP contribution in [0.2, 0.25) is 0 Å². The van der Waals surface area contributed by atoms with Crippen LogP contribution in [-0.2, 0) is 41.7 Å². The first-order valence-corrected chi connectivity index (χ1v) is 30.6. The molecule has 0 saturated heterocycles. The molecule has 0 aliphatic carbocycles. The highest BCUT2D eigenvalue weighted by Crippen LogP contribution is 2.70. The summed E-state index contributed by atoms with van der Waals surface area (Å²) in [6.45, 7) is 20.5. The Labute approximate surface area is 331 Å². The van der Waals surface area contributed by atoms with E-state index in [0.29, 0.717) is 50.1 Å². The molecule has 0 fully saturated rings. The summed E-state index contributed by atoms with van der Waals surface area (Å²) in [5.41, 5.74) is -5.17. The van der Waals surface area contributed by atoms with Crippen molar-refractivity contribution in [3.8, 4) is 0 Å². The summed E-state index contributed by atoms with van der Waals surface area (Å²) < 4.78 is 27.7. The molecule has 0 bridgehead atoms. The second kappa shape index (κ2) is 30.3. The minimum atomic E-state index is -2.59. The number of hydrogen-bond donors (Lipinski definition) is 0. The van der Waals surface area contributed by atoms with Gasteiger partial charge in [0.15, 0.2) is 8.68 Å². The monoisotopic (exact) mass is 854 g/mol. The van der Waals surface area contributed by atoms with Crippen molar-refractivity contribution in [2.24, 2.45) is 23.7 Å². The molecule has 0 amide bonds. The normalized spacial score (nSPS) is 17.0. The number of aromatic nitrogens is 2. The molecule has 4 unspecified atom stereocenters. The molecule has 1 aromatic heterocycles. The molecule has 6 nitrogen and oxygen atoms in total. The van der Waals surface area contributed by atoms with Gasteiger partial charge in [-0.25, -0.2) is 0 Å². The average molecular weight is 855 g/mol. The van der Waals surface area contributed by atoms with Gasteiger partial charge >= 0.3 is 0 Å². The SMILES string of the molecule is CCCCC(CC)COP(=S)(OCC(CC)CCCC)SSc1nnc(SSP(=S)(OCC(CC)CCCC)OCC(CC)CCCC)s1. The van der Waals surface area contributed by atoms with Crippen LogP contribution in [-0.4, -0.2) is 36.6 Å². The minimum absolute atomic E-state index is 0.505. The molecule has 0 aliphatic heterocycles. The topological polar surface area (TPSA) is 62.7 Å². The molecule has 4 atom stereocenters. The van der Waals surface area contributed by atoms with E-state index in [2.05, 4.69) is 65.6 Å². The van der Waals surface area contributed by atoms with Gasteiger partial charge in [-0.1, -0.05) is 144 Å². The first-order chi connectivity index (χ1) is 23.6. The van der Waals surface area contributed by atoms with Gasteiger partial charge in [-0.15, -0.1) is 10.2 Å². The Hall–Kier alpha value is 2.10. The number of nitrogens with zero attached hydrogens (tertiary/aromatic N) is 2. The molecule has 1 aromatic rings. The van der Waals surface area contributed by atoms with Gasteiger partial charge in [0.2, 0.25) is 0 Å². The molecule has 0 aliphatic rings. The summed E-state index contributed by atoms with van der Waals surface area (Å²) >= 11 is 13.9. The van der Waals surface area contributed by atoms with Crippen LogP contribution in [0.1, 0.15) is 158 Å². The Bertz CT molecular complexity index is 918. The molecule has 1 heterocycles. The van der Waals surface area contributed by atoms with Gasteiger partial charge in [-0.3, -0.25) is 0 Å². The van der Waals surface area contributed by atoms with Crippen molar-refractivity contribution < 1.29 is 18.1 Å². The van der Waals surface area contributed by atoms with Crippen LogP contribution < -0.4 is 0 Å². The maximum atomic E-state index is 6.51. The molecule has 15 heteroatoms. The summed E-state index contributed by atoms with van der Waals surface area (Å²) in [6, 6.07) is 0. The van der Waals surface area contributed by atoms with Gasteiger partial charge in [0, 0.05) is 20.8 Å². The third kappa shape index (κ3) is 22.9. The van der Waals surface area contributed by atoms with Gasteiger partial charge < -0.3 is 18.1 Å². The number of rotatable bonds is 34. The lowest BCUT2D eigenvalue weighted by Crippen LogP contribution is -2.11. The average Bonchev–Trinajstić information content (AvgIpc) is 3.58. The van der Waals surface area contributed by atoms with Gasteiger partial charge in [0.05, 0.1) is 26.4 Å². The van der Waals surface area contributed by atoms with Crippen LogP contribution in [0.4, 0.5) is 0 Å². The second-order valence-corrected chi connectivity index (χ2v) is 30.3. The fraction of sp³-hybridized carbons (Fsp3) is 0.941. The van der Waals surface area contributed by atoms with Crippen molar-refractivity contribution in [1.82, 2.24) is 10.2 Å². The highest BCUT2D eigenvalue weighted by Gasteiger charge is 2.28. The standard InChI is InChI=1S/C34H68N2O4P2S7/c1-9-17-21-29(13-5)25-37-41(43,38-26-30(14-6)22-18-10-2)48-46-33-35-36-34(45-33)47-49-42(44,39-27-31(15-7)23-19-11-3)40-28-32(16-8)24-20-12-4/h29-32H,9-28H2,1-8H3. The van der Waals surface area contributed by atoms with Crippen LogP contribution in [0, 0.1) is 23.7 Å². The minimum Gasteiger partial charge on any atom is -0.321 e. The summed E-state index contributed by atoms with van der Waals surface area (Å²) in [6.07, 6.45) is 18.7. The van der Waals surface area contributed by atoms with Crippen molar-refractivity contribution >= 4 is 88.8 Å². The zero-order valence-electron chi connectivity index (χ0n) is 31.7. The predicted octanol–water partition coefficient (Wildman–Crippen LogP) is 15.4. The highest BCUT2D eigenvalue weighted by atomic mass is 33.4. The van der Waals surface area contributed by atoms with E-state index >= 15 is 0 Å². The Balaban J connectivity index is 2.97. The third-order valence-electron chi connectivity index (χ3n) is 8.83. The van der Waals surface area contributed by atoms with E-state index in [1.54, 1.807) is 11.3 Å². The van der Waals surface area contributed by atoms with Crippen LogP contribution in [0.5, 0.6) is 0 Å². The van der Waals surface area contributed by atoms with E-state index in [-0.39, 0.29) is 0 Å². The molecule has 0 saturated carbocycles. The van der Waals surface area contributed by atoms with E-state index in [9.17, 15) is 0 Å². The molecule has 0 aromatic carbocycles. The lowest BCUT2D eigenvalue weighted by molar-refractivity contribution is 0.188. The maximum Gasteiger partial charge on any atom is 0.258 e. The maximum absolute atomic E-state index is 6.51. The van der Waals surface area contributed by atoms with E-state index < -0.39 is 11.4 Å². The molecule has 1 rings (SSSR count). The lowest BCUT2D eigenvalue weighted by Gasteiger charge is -2.25. The van der Waals surface area contributed by atoms with Crippen molar-refractivity contribution in [3.63, 3.8) is 0 Å². The van der Waals surface area contributed by atoms with E-state index in [4.69, 9.17) is 41.7 Å². The van der Waals surface area contributed by atoms with Crippen LogP contribution in [0.25, 0.3) is 0 Å². The third-order valence-corrected chi connectivity index (χ3v) is 26.7. The quantitative estimate of drug-likeness (QED) is 0.0490. The van der Waals surface area contributed by atoms with E-state index in [1.165, 1.54) is 119 Å². The zero-order chi connectivity index (χ0) is 36.4. The van der Waals surface area contributed by atoms with Crippen molar-refractivity contribution in [2.75, 3.05) is 26.4 Å². The largest absolute Gasteiger partial charge is 0.321 e. The Morgan fingerprint density at radius 3 is 1.00 bits per heavy atom. The second-order valence-electron chi connectivity index (χ2n) is 12.9. The van der Waals surface area contributed by atoms with Crippen LogP contribution in [0.3, 0.4) is 0 Å². The lowest BCUT2D eigenvalue weighted by atomic mass is 10.0. The molecule has 290 valence electrons. The summed E-state index contributed by atoms with van der Waals surface area (Å²) in [7, 11) is 6.15. The van der Waals surface area contributed by atoms with Crippen molar-refractivity contribution in [2.45, 2.75) is 167 Å². The summed E-state index contributed by atoms with van der Waals surface area (Å²) in [4.78, 5) is 0. The number of hydrogen-bond acceptors (Lipinski definition) is 13. The summed E-state index contributed by atoms with van der Waals surface area (Å²) in [5, 5.41) is 9.00. The highest BCUT2D eigenvalue weighted by molar-refractivity contribution is 9.03. The smallest absolute Gasteiger partial charge is 0.258 e. The first-order valence-electron chi connectivity index (χ1n) is 19.0. The van der Waals surface area contributed by atoms with E-state index in [0.717, 1.165) is 34.4 Å². The van der Waals surface area contributed by atoms with Crippen LogP contribution in [0.15, 0.2) is 8.68 Å².